The van der Waals surface area contributed by atoms with E-state index in [4.69, 9.17) is 21.1 Å². The van der Waals surface area contributed by atoms with Gasteiger partial charge in [-0.3, -0.25) is 19.3 Å². The lowest BCUT2D eigenvalue weighted by molar-refractivity contribution is -0.136. The summed E-state index contributed by atoms with van der Waals surface area (Å²) < 4.78 is 10.5. The van der Waals surface area contributed by atoms with Gasteiger partial charge in [0.25, 0.3) is 11.1 Å². The number of carbonyl (C=O) groups excluding carboxylic acids is 3. The van der Waals surface area contributed by atoms with Gasteiger partial charge in [-0.2, -0.15) is 0 Å². The molecule has 29 heavy (non-hydrogen) atoms. The normalized spacial score (nSPS) is 19.2. The molecule has 0 aliphatic carbocycles. The van der Waals surface area contributed by atoms with Crippen molar-refractivity contribution < 1.29 is 23.9 Å². The van der Waals surface area contributed by atoms with Crippen molar-refractivity contribution in [3.63, 3.8) is 0 Å². The summed E-state index contributed by atoms with van der Waals surface area (Å²) in [5, 5.41) is -0.126. The topological polar surface area (TPSA) is 76.2 Å². The Morgan fingerprint density at radius 3 is 2.55 bits per heavy atom. The lowest BCUT2D eigenvalue weighted by Gasteiger charge is -2.31. The van der Waals surface area contributed by atoms with Crippen molar-refractivity contribution in [2.45, 2.75) is 19.8 Å². The van der Waals surface area contributed by atoms with Crippen molar-refractivity contribution in [1.82, 2.24) is 9.80 Å². The third-order valence-electron chi connectivity index (χ3n) is 5.06. The van der Waals surface area contributed by atoms with Gasteiger partial charge in [0.2, 0.25) is 5.91 Å². The number of rotatable bonds is 5. The van der Waals surface area contributed by atoms with Gasteiger partial charge < -0.3 is 14.4 Å². The van der Waals surface area contributed by atoms with Gasteiger partial charge in [-0.1, -0.05) is 18.5 Å². The second-order valence-corrected chi connectivity index (χ2v) is 8.47. The van der Waals surface area contributed by atoms with E-state index in [1.165, 1.54) is 14.2 Å². The zero-order valence-electron chi connectivity index (χ0n) is 16.6. The van der Waals surface area contributed by atoms with E-state index in [-0.39, 0.29) is 17.4 Å². The van der Waals surface area contributed by atoms with Crippen molar-refractivity contribution in [2.75, 3.05) is 33.9 Å². The molecule has 0 spiro atoms. The largest absolute Gasteiger partial charge is 0.493 e. The van der Waals surface area contributed by atoms with Crippen LogP contribution >= 0.6 is 23.4 Å². The Hall–Kier alpha value is -2.19. The van der Waals surface area contributed by atoms with Gasteiger partial charge in [0, 0.05) is 13.1 Å². The summed E-state index contributed by atoms with van der Waals surface area (Å²) in [5.74, 6) is 0.715. The molecule has 7 nitrogen and oxygen atoms in total. The number of piperidine rings is 1. The second-order valence-electron chi connectivity index (χ2n) is 7.07. The fourth-order valence-electron chi connectivity index (χ4n) is 3.30. The first-order chi connectivity index (χ1) is 13.8. The Morgan fingerprint density at radius 1 is 1.24 bits per heavy atom. The van der Waals surface area contributed by atoms with Crippen LogP contribution in [-0.2, 0) is 9.59 Å². The zero-order valence-corrected chi connectivity index (χ0v) is 18.1. The van der Waals surface area contributed by atoms with E-state index < -0.39 is 11.1 Å². The molecule has 0 saturated carbocycles. The lowest BCUT2D eigenvalue weighted by Crippen LogP contribution is -2.45. The smallest absolute Gasteiger partial charge is 0.294 e. The minimum absolute atomic E-state index is 0.199. The molecule has 2 aliphatic rings. The number of halogens is 1. The number of hydrogen-bond acceptors (Lipinski definition) is 6. The number of hydrogen-bond donors (Lipinski definition) is 0. The molecule has 0 aromatic heterocycles. The average molecular weight is 439 g/mol. The molecule has 3 amide bonds. The van der Waals surface area contributed by atoms with Gasteiger partial charge in [-0.25, -0.2) is 0 Å². The van der Waals surface area contributed by atoms with E-state index in [0.29, 0.717) is 41.1 Å². The molecule has 2 saturated heterocycles. The van der Waals surface area contributed by atoms with Gasteiger partial charge in [0.15, 0.2) is 11.5 Å². The predicted octanol–water partition coefficient (Wildman–Crippen LogP) is 3.65. The van der Waals surface area contributed by atoms with Crippen LogP contribution in [-0.4, -0.2) is 60.7 Å². The van der Waals surface area contributed by atoms with Crippen LogP contribution in [0.2, 0.25) is 5.02 Å². The Morgan fingerprint density at radius 2 is 1.93 bits per heavy atom. The SMILES string of the molecule is COc1cc(/C=C2\SC(=O)N(CC(=O)N3CCC(C)CC3)C2=O)cc(Cl)c1OC. The van der Waals surface area contributed by atoms with Gasteiger partial charge in [-0.05, 0) is 54.3 Å². The second kappa shape index (κ2) is 9.09. The van der Waals surface area contributed by atoms with Gasteiger partial charge >= 0.3 is 0 Å². The van der Waals surface area contributed by atoms with Crippen molar-refractivity contribution in [2.24, 2.45) is 5.92 Å². The molecule has 9 heteroatoms. The third-order valence-corrected chi connectivity index (χ3v) is 6.25. The molecule has 156 valence electrons. The number of ether oxygens (including phenoxy) is 2. The number of benzene rings is 1. The van der Waals surface area contributed by atoms with Crippen LogP contribution in [0, 0.1) is 5.92 Å². The van der Waals surface area contributed by atoms with Crippen LogP contribution in [0.4, 0.5) is 4.79 Å². The number of nitrogens with zero attached hydrogens (tertiary/aromatic N) is 2. The van der Waals surface area contributed by atoms with Gasteiger partial charge in [0.05, 0.1) is 24.1 Å². The highest BCUT2D eigenvalue weighted by atomic mass is 35.5. The van der Waals surface area contributed by atoms with Crippen molar-refractivity contribution in [3.05, 3.63) is 27.6 Å². The minimum atomic E-state index is -0.482. The molecule has 1 aromatic rings. The highest BCUT2D eigenvalue weighted by Gasteiger charge is 2.37. The fraction of sp³-hybridized carbons (Fsp3) is 0.450. The van der Waals surface area contributed by atoms with E-state index in [2.05, 4.69) is 6.92 Å². The van der Waals surface area contributed by atoms with Crippen LogP contribution in [0.25, 0.3) is 6.08 Å². The Balaban J connectivity index is 1.75. The molecule has 0 atom stereocenters. The Labute approximate surface area is 178 Å². The first-order valence-electron chi connectivity index (χ1n) is 9.28. The van der Waals surface area contributed by atoms with E-state index in [1.807, 2.05) is 0 Å². The average Bonchev–Trinajstić information content (AvgIpc) is 2.95. The van der Waals surface area contributed by atoms with Gasteiger partial charge in [0.1, 0.15) is 6.54 Å². The number of thioether (sulfide) groups is 1. The summed E-state index contributed by atoms with van der Waals surface area (Å²) in [7, 11) is 2.97. The van der Waals surface area contributed by atoms with Crippen LogP contribution in [0.5, 0.6) is 11.5 Å². The van der Waals surface area contributed by atoms with E-state index in [1.54, 1.807) is 23.1 Å². The summed E-state index contributed by atoms with van der Waals surface area (Å²) in [6, 6.07) is 3.29. The van der Waals surface area contributed by atoms with E-state index >= 15 is 0 Å². The molecule has 0 N–H and O–H groups in total. The Kier molecular flexibility index (Phi) is 6.74. The number of imide groups is 1. The summed E-state index contributed by atoms with van der Waals surface area (Å²) in [6.07, 6.45) is 3.44. The monoisotopic (exact) mass is 438 g/mol. The summed E-state index contributed by atoms with van der Waals surface area (Å²) in [4.78, 5) is 40.5. The van der Waals surface area contributed by atoms with E-state index in [0.717, 1.165) is 29.5 Å². The molecule has 2 fully saturated rings. The molecule has 1 aromatic carbocycles. The highest BCUT2D eigenvalue weighted by Crippen LogP contribution is 2.38. The predicted molar refractivity (Wildman–Crippen MR) is 112 cm³/mol. The van der Waals surface area contributed by atoms with Crippen LogP contribution in [0.3, 0.4) is 0 Å². The maximum absolute atomic E-state index is 12.7. The molecular formula is C20H23ClN2O5S. The number of carbonyl (C=O) groups is 3. The third kappa shape index (κ3) is 4.70. The lowest BCUT2D eigenvalue weighted by atomic mass is 9.99. The van der Waals surface area contributed by atoms with Crippen LogP contribution < -0.4 is 9.47 Å². The number of likely N-dealkylation sites (tertiary alicyclic amines) is 1. The molecule has 0 radical (unpaired) electrons. The fourth-order valence-corrected chi connectivity index (χ4v) is 4.44. The molecular weight excluding hydrogens is 416 g/mol. The molecule has 3 rings (SSSR count). The Bertz CT molecular complexity index is 865. The van der Waals surface area contributed by atoms with Crippen molar-refractivity contribution in [3.8, 4) is 11.5 Å². The highest BCUT2D eigenvalue weighted by molar-refractivity contribution is 8.18. The summed E-state index contributed by atoms with van der Waals surface area (Å²) >= 11 is 7.01. The molecule has 2 heterocycles. The first kappa shape index (κ1) is 21.5. The van der Waals surface area contributed by atoms with Crippen molar-refractivity contribution in [1.29, 1.82) is 0 Å². The quantitative estimate of drug-likeness (QED) is 0.653. The zero-order chi connectivity index (χ0) is 21.1. The van der Waals surface area contributed by atoms with Crippen LogP contribution in [0.1, 0.15) is 25.3 Å². The molecule has 0 bridgehead atoms. The van der Waals surface area contributed by atoms with E-state index in [9.17, 15) is 14.4 Å². The molecule has 0 unspecified atom stereocenters. The maximum Gasteiger partial charge on any atom is 0.294 e. The number of methoxy groups -OCH3 is 2. The number of amides is 3. The first-order valence-corrected chi connectivity index (χ1v) is 10.5. The maximum atomic E-state index is 12.7. The summed E-state index contributed by atoms with van der Waals surface area (Å²) in [5.41, 5.74) is 0.592. The van der Waals surface area contributed by atoms with Crippen LogP contribution in [0.15, 0.2) is 17.0 Å². The standard InChI is InChI=1S/C20H23ClN2O5S/c1-12-4-6-22(7-5-12)17(24)11-23-19(25)16(29-20(23)26)10-13-8-14(21)18(28-3)15(9-13)27-2/h8-10,12H,4-7,11H2,1-3H3/b16-10-. The summed E-state index contributed by atoms with van der Waals surface area (Å²) in [6.45, 7) is 3.25. The van der Waals surface area contributed by atoms with Crippen molar-refractivity contribution >= 4 is 46.5 Å². The molecule has 2 aliphatic heterocycles. The van der Waals surface area contributed by atoms with Gasteiger partial charge in [-0.15, -0.1) is 0 Å². The minimum Gasteiger partial charge on any atom is -0.493 e.